The van der Waals surface area contributed by atoms with Crippen LogP contribution in [0.15, 0.2) is 24.3 Å². The van der Waals surface area contributed by atoms with E-state index < -0.39 is 5.97 Å². The zero-order valence-corrected chi connectivity index (χ0v) is 10.7. The van der Waals surface area contributed by atoms with Gasteiger partial charge in [0.15, 0.2) is 5.69 Å². The van der Waals surface area contributed by atoms with E-state index in [-0.39, 0.29) is 17.6 Å². The molecule has 2 heterocycles. The lowest BCUT2D eigenvalue weighted by atomic mass is 10.0. The number of nitrogens with two attached hydrogens (primary N) is 1. The van der Waals surface area contributed by atoms with Gasteiger partial charge in [-0.05, 0) is 37.1 Å². The lowest BCUT2D eigenvalue weighted by Crippen LogP contribution is -2.32. The number of carboxylic acids is 1. The minimum Gasteiger partial charge on any atom is -0.476 e. The van der Waals surface area contributed by atoms with Gasteiger partial charge >= 0.3 is 5.97 Å². The molecule has 1 atom stereocenters. The fourth-order valence-electron chi connectivity index (χ4n) is 2.57. The first-order valence-electron chi connectivity index (χ1n) is 6.40. The molecule has 20 heavy (non-hydrogen) atoms. The lowest BCUT2D eigenvalue weighted by Gasteiger charge is -2.22. The summed E-state index contributed by atoms with van der Waals surface area (Å²) in [5.41, 5.74) is 7.40. The summed E-state index contributed by atoms with van der Waals surface area (Å²) in [7, 11) is 0. The van der Waals surface area contributed by atoms with Crippen molar-refractivity contribution in [3.8, 4) is 11.4 Å². The van der Waals surface area contributed by atoms with Gasteiger partial charge in [-0.1, -0.05) is 0 Å². The SMILES string of the molecule is NC1CCc2c(C(=O)O)nc(-c3ccc(F)cc3)n2C1. The van der Waals surface area contributed by atoms with E-state index in [1.54, 1.807) is 12.1 Å². The molecule has 104 valence electrons. The maximum Gasteiger partial charge on any atom is 0.356 e. The van der Waals surface area contributed by atoms with Crippen LogP contribution in [0.1, 0.15) is 22.6 Å². The predicted molar refractivity (Wildman–Crippen MR) is 70.9 cm³/mol. The van der Waals surface area contributed by atoms with Crippen molar-refractivity contribution >= 4 is 5.97 Å². The normalized spacial score (nSPS) is 17.8. The van der Waals surface area contributed by atoms with Crippen molar-refractivity contribution in [1.29, 1.82) is 0 Å². The van der Waals surface area contributed by atoms with Gasteiger partial charge in [-0.3, -0.25) is 0 Å². The lowest BCUT2D eigenvalue weighted by molar-refractivity contribution is 0.0689. The number of aromatic nitrogens is 2. The molecule has 3 rings (SSSR count). The van der Waals surface area contributed by atoms with Gasteiger partial charge in [0.25, 0.3) is 0 Å². The predicted octanol–water partition coefficient (Wildman–Crippen LogP) is 1.66. The highest BCUT2D eigenvalue weighted by atomic mass is 19.1. The smallest absolute Gasteiger partial charge is 0.356 e. The molecule has 1 aliphatic rings. The molecule has 3 N–H and O–H groups in total. The zero-order chi connectivity index (χ0) is 14.3. The Kier molecular flexibility index (Phi) is 3.02. The first-order valence-corrected chi connectivity index (χ1v) is 6.40. The van der Waals surface area contributed by atoms with Gasteiger partial charge in [0.05, 0.1) is 5.69 Å². The van der Waals surface area contributed by atoms with E-state index in [1.807, 2.05) is 4.57 Å². The Balaban J connectivity index is 2.15. The summed E-state index contributed by atoms with van der Waals surface area (Å²) in [5, 5.41) is 9.24. The standard InChI is InChI=1S/C14H14FN3O2/c15-9-3-1-8(2-4-9)13-17-12(14(19)20)11-6-5-10(16)7-18(11)13/h1-4,10H,5-7,16H2,(H,19,20). The molecule has 0 amide bonds. The Morgan fingerprint density at radius 2 is 2.10 bits per heavy atom. The quantitative estimate of drug-likeness (QED) is 0.873. The third-order valence-corrected chi connectivity index (χ3v) is 3.55. The van der Waals surface area contributed by atoms with Crippen molar-refractivity contribution in [3.63, 3.8) is 0 Å². The summed E-state index contributed by atoms with van der Waals surface area (Å²) in [6, 6.07) is 5.84. The second-order valence-corrected chi connectivity index (χ2v) is 4.95. The number of aromatic carboxylic acids is 1. The number of nitrogens with zero attached hydrogens (tertiary/aromatic N) is 2. The molecular formula is C14H14FN3O2. The van der Waals surface area contributed by atoms with Crippen LogP contribution < -0.4 is 5.73 Å². The molecule has 0 spiro atoms. The Labute approximate surface area is 114 Å². The Bertz CT molecular complexity index is 664. The van der Waals surface area contributed by atoms with Crippen molar-refractivity contribution in [3.05, 3.63) is 41.5 Å². The molecule has 1 aliphatic heterocycles. The van der Waals surface area contributed by atoms with Crippen LogP contribution in [0, 0.1) is 5.82 Å². The van der Waals surface area contributed by atoms with E-state index in [4.69, 9.17) is 5.73 Å². The highest BCUT2D eigenvalue weighted by Crippen LogP contribution is 2.27. The number of fused-ring (bicyclic) bond motifs is 1. The van der Waals surface area contributed by atoms with Crippen molar-refractivity contribution in [2.24, 2.45) is 5.73 Å². The molecule has 0 aliphatic carbocycles. The van der Waals surface area contributed by atoms with Crippen molar-refractivity contribution in [2.75, 3.05) is 0 Å². The number of carbonyl (C=O) groups is 1. The monoisotopic (exact) mass is 275 g/mol. The van der Waals surface area contributed by atoms with Crippen molar-refractivity contribution in [2.45, 2.75) is 25.4 Å². The summed E-state index contributed by atoms with van der Waals surface area (Å²) in [6.45, 7) is 0.530. The average molecular weight is 275 g/mol. The van der Waals surface area contributed by atoms with Gasteiger partial charge in [0.1, 0.15) is 11.6 Å². The fraction of sp³-hybridized carbons (Fsp3) is 0.286. The summed E-state index contributed by atoms with van der Waals surface area (Å²) in [6.07, 6.45) is 1.34. The molecule has 0 saturated heterocycles. The summed E-state index contributed by atoms with van der Waals surface area (Å²) >= 11 is 0. The van der Waals surface area contributed by atoms with Crippen LogP contribution in [-0.2, 0) is 13.0 Å². The summed E-state index contributed by atoms with van der Waals surface area (Å²) < 4.78 is 14.8. The van der Waals surface area contributed by atoms with E-state index in [0.29, 0.717) is 30.0 Å². The molecule has 1 aromatic heterocycles. The maximum absolute atomic E-state index is 13.0. The van der Waals surface area contributed by atoms with E-state index in [9.17, 15) is 14.3 Å². The molecular weight excluding hydrogens is 261 g/mol. The number of hydrogen-bond donors (Lipinski definition) is 2. The van der Waals surface area contributed by atoms with E-state index in [0.717, 1.165) is 6.42 Å². The van der Waals surface area contributed by atoms with Crippen molar-refractivity contribution in [1.82, 2.24) is 9.55 Å². The van der Waals surface area contributed by atoms with Gasteiger partial charge in [0.2, 0.25) is 0 Å². The number of carboxylic acid groups (broad SMARTS) is 1. The fourth-order valence-corrected chi connectivity index (χ4v) is 2.57. The molecule has 0 radical (unpaired) electrons. The van der Waals surface area contributed by atoms with Gasteiger partial charge in [-0.2, -0.15) is 0 Å². The second-order valence-electron chi connectivity index (χ2n) is 4.95. The van der Waals surface area contributed by atoms with Gasteiger partial charge in [0, 0.05) is 18.2 Å². The summed E-state index contributed by atoms with van der Waals surface area (Å²) in [4.78, 5) is 15.5. The molecule has 0 fully saturated rings. The van der Waals surface area contributed by atoms with Gasteiger partial charge < -0.3 is 15.4 Å². The van der Waals surface area contributed by atoms with Crippen LogP contribution in [0.2, 0.25) is 0 Å². The minimum atomic E-state index is -1.04. The highest BCUT2D eigenvalue weighted by molar-refractivity contribution is 5.88. The largest absolute Gasteiger partial charge is 0.476 e. The molecule has 6 heteroatoms. The number of imidazole rings is 1. The first-order chi connectivity index (χ1) is 9.56. The van der Waals surface area contributed by atoms with Crippen LogP contribution in [-0.4, -0.2) is 26.7 Å². The van der Waals surface area contributed by atoms with Crippen LogP contribution in [0.25, 0.3) is 11.4 Å². The van der Waals surface area contributed by atoms with Gasteiger partial charge in [-0.25, -0.2) is 14.2 Å². The third kappa shape index (κ3) is 2.08. The topological polar surface area (TPSA) is 81.1 Å². The Morgan fingerprint density at radius 1 is 1.40 bits per heavy atom. The maximum atomic E-state index is 13.0. The summed E-state index contributed by atoms with van der Waals surface area (Å²) in [5.74, 6) is -0.848. The molecule has 1 unspecified atom stereocenters. The first kappa shape index (κ1) is 12.8. The number of rotatable bonds is 2. The van der Waals surface area contributed by atoms with Crippen LogP contribution in [0.4, 0.5) is 4.39 Å². The zero-order valence-electron chi connectivity index (χ0n) is 10.7. The van der Waals surface area contributed by atoms with E-state index >= 15 is 0 Å². The van der Waals surface area contributed by atoms with Crippen molar-refractivity contribution < 1.29 is 14.3 Å². The molecule has 5 nitrogen and oxygen atoms in total. The number of halogens is 1. The third-order valence-electron chi connectivity index (χ3n) is 3.55. The number of hydrogen-bond acceptors (Lipinski definition) is 3. The van der Waals surface area contributed by atoms with Crippen LogP contribution >= 0.6 is 0 Å². The van der Waals surface area contributed by atoms with Crippen LogP contribution in [0.5, 0.6) is 0 Å². The Hall–Kier alpha value is -2.21. The van der Waals surface area contributed by atoms with Crippen LogP contribution in [0.3, 0.4) is 0 Å². The second kappa shape index (κ2) is 4.72. The average Bonchev–Trinajstić information content (AvgIpc) is 2.78. The van der Waals surface area contributed by atoms with E-state index in [2.05, 4.69) is 4.98 Å². The van der Waals surface area contributed by atoms with Gasteiger partial charge in [-0.15, -0.1) is 0 Å². The minimum absolute atomic E-state index is 0.0162. The Morgan fingerprint density at radius 3 is 2.75 bits per heavy atom. The molecule has 2 aromatic rings. The molecule has 0 bridgehead atoms. The highest BCUT2D eigenvalue weighted by Gasteiger charge is 2.27. The molecule has 1 aromatic carbocycles. The molecule has 0 saturated carbocycles. The number of benzene rings is 1. The van der Waals surface area contributed by atoms with E-state index in [1.165, 1.54) is 12.1 Å².